The van der Waals surface area contributed by atoms with E-state index < -0.39 is 18.1 Å². The summed E-state index contributed by atoms with van der Waals surface area (Å²) >= 11 is 0. The number of hydrogen-bond donors (Lipinski definition) is 1. The third-order valence-electron chi connectivity index (χ3n) is 2.92. The molecule has 0 saturated heterocycles. The van der Waals surface area contributed by atoms with Gasteiger partial charge in [0, 0.05) is 13.2 Å². The zero-order chi connectivity index (χ0) is 12.2. The molecule has 1 saturated carbocycles. The quantitative estimate of drug-likeness (QED) is 0.762. The molecule has 0 spiro atoms. The average molecular weight is 241 g/mol. The largest absolute Gasteiger partial charge is 0.391 e. The van der Waals surface area contributed by atoms with Crippen LogP contribution in [0.15, 0.2) is 0 Å². The Morgan fingerprint density at radius 1 is 1.25 bits per heavy atom. The van der Waals surface area contributed by atoms with Gasteiger partial charge in [0.1, 0.15) is 0 Å². The molecule has 1 fully saturated rings. The minimum atomic E-state index is -4.13. The Kier molecular flexibility index (Phi) is 5.01. The van der Waals surface area contributed by atoms with Crippen LogP contribution >= 0.6 is 0 Å². The topological polar surface area (TPSA) is 44.5 Å². The Morgan fingerprint density at radius 2 is 1.94 bits per heavy atom. The smallest absolute Gasteiger partial charge is 0.382 e. The van der Waals surface area contributed by atoms with E-state index >= 15 is 0 Å². The standard InChI is InChI=1S/C10H18F3NO2/c1-15-4-5-16-9-3-2-7(6-8(9)14)10(11,12)13/h7-9H,2-6,14H2,1H3/t7-,8+,9+/m0/s1. The van der Waals surface area contributed by atoms with Crippen molar-refractivity contribution < 1.29 is 22.6 Å². The maximum atomic E-state index is 12.4. The van der Waals surface area contributed by atoms with Crippen LogP contribution in [-0.2, 0) is 9.47 Å². The van der Waals surface area contributed by atoms with Gasteiger partial charge in [0.15, 0.2) is 0 Å². The molecule has 0 heterocycles. The zero-order valence-corrected chi connectivity index (χ0v) is 9.30. The molecule has 6 heteroatoms. The lowest BCUT2D eigenvalue weighted by atomic mass is 9.84. The summed E-state index contributed by atoms with van der Waals surface area (Å²) in [5, 5.41) is 0. The number of ether oxygens (including phenoxy) is 2. The molecule has 0 aliphatic heterocycles. The Morgan fingerprint density at radius 3 is 2.44 bits per heavy atom. The maximum Gasteiger partial charge on any atom is 0.391 e. The lowest BCUT2D eigenvalue weighted by Crippen LogP contribution is -2.45. The summed E-state index contributed by atoms with van der Waals surface area (Å²) in [5.74, 6) is -1.27. The van der Waals surface area contributed by atoms with Gasteiger partial charge in [-0.3, -0.25) is 0 Å². The Labute approximate surface area is 93.1 Å². The first-order valence-electron chi connectivity index (χ1n) is 5.38. The molecule has 0 bridgehead atoms. The SMILES string of the molecule is COCCO[C@@H]1CC[C@H](C(F)(F)F)C[C@H]1N. The highest BCUT2D eigenvalue weighted by Gasteiger charge is 2.44. The van der Waals surface area contributed by atoms with E-state index in [1.165, 1.54) is 0 Å². The summed E-state index contributed by atoms with van der Waals surface area (Å²) < 4.78 is 47.5. The van der Waals surface area contributed by atoms with Crippen LogP contribution in [0.2, 0.25) is 0 Å². The number of methoxy groups -OCH3 is 1. The van der Waals surface area contributed by atoms with E-state index in [9.17, 15) is 13.2 Å². The van der Waals surface area contributed by atoms with E-state index in [2.05, 4.69) is 0 Å². The van der Waals surface area contributed by atoms with Crippen LogP contribution in [-0.4, -0.2) is 38.6 Å². The van der Waals surface area contributed by atoms with E-state index in [0.29, 0.717) is 19.6 Å². The van der Waals surface area contributed by atoms with E-state index in [0.717, 1.165) is 0 Å². The molecule has 0 amide bonds. The molecule has 1 rings (SSSR count). The predicted octanol–water partition coefficient (Wildman–Crippen LogP) is 1.71. The molecular formula is C10H18F3NO2. The van der Waals surface area contributed by atoms with Crippen molar-refractivity contribution in [2.75, 3.05) is 20.3 Å². The summed E-state index contributed by atoms with van der Waals surface area (Å²) in [6.45, 7) is 0.817. The Hall–Kier alpha value is -0.330. The van der Waals surface area contributed by atoms with Gasteiger partial charge in [0.25, 0.3) is 0 Å². The highest BCUT2D eigenvalue weighted by molar-refractivity contribution is 4.86. The van der Waals surface area contributed by atoms with Gasteiger partial charge in [0.2, 0.25) is 0 Å². The van der Waals surface area contributed by atoms with Gasteiger partial charge in [-0.25, -0.2) is 0 Å². The van der Waals surface area contributed by atoms with E-state index in [1.54, 1.807) is 7.11 Å². The van der Waals surface area contributed by atoms with Crippen molar-refractivity contribution in [1.29, 1.82) is 0 Å². The van der Waals surface area contributed by atoms with Crippen LogP contribution < -0.4 is 5.73 Å². The van der Waals surface area contributed by atoms with Crippen LogP contribution in [0, 0.1) is 5.92 Å². The summed E-state index contributed by atoms with van der Waals surface area (Å²) in [4.78, 5) is 0. The molecule has 3 nitrogen and oxygen atoms in total. The number of halogens is 3. The van der Waals surface area contributed by atoms with Crippen LogP contribution in [0.5, 0.6) is 0 Å². The van der Waals surface area contributed by atoms with Gasteiger partial charge < -0.3 is 15.2 Å². The molecule has 16 heavy (non-hydrogen) atoms. The van der Waals surface area contributed by atoms with Crippen molar-refractivity contribution in [3.05, 3.63) is 0 Å². The normalized spacial score (nSPS) is 31.7. The van der Waals surface area contributed by atoms with Crippen molar-refractivity contribution in [1.82, 2.24) is 0 Å². The number of alkyl halides is 3. The molecule has 1 aliphatic carbocycles. The average Bonchev–Trinajstić information content (AvgIpc) is 2.19. The molecular weight excluding hydrogens is 223 g/mol. The minimum absolute atomic E-state index is 0.0405. The van der Waals surface area contributed by atoms with E-state index in [4.69, 9.17) is 15.2 Å². The second kappa shape index (κ2) is 5.84. The number of nitrogens with two attached hydrogens (primary N) is 1. The second-order valence-corrected chi connectivity index (χ2v) is 4.12. The third-order valence-corrected chi connectivity index (χ3v) is 2.92. The first-order valence-corrected chi connectivity index (χ1v) is 5.38. The lowest BCUT2D eigenvalue weighted by Gasteiger charge is -2.34. The summed E-state index contributed by atoms with van der Waals surface area (Å²) in [5.41, 5.74) is 5.68. The van der Waals surface area contributed by atoms with Gasteiger partial charge in [-0.2, -0.15) is 13.2 Å². The maximum absolute atomic E-state index is 12.4. The molecule has 0 aromatic rings. The molecule has 1 aliphatic rings. The van der Waals surface area contributed by atoms with Gasteiger partial charge in [-0.1, -0.05) is 0 Å². The van der Waals surface area contributed by atoms with Gasteiger partial charge >= 0.3 is 6.18 Å². The highest BCUT2D eigenvalue weighted by atomic mass is 19.4. The summed E-state index contributed by atoms with van der Waals surface area (Å²) in [6, 6.07) is -0.530. The molecule has 0 aromatic carbocycles. The molecule has 0 radical (unpaired) electrons. The fraction of sp³-hybridized carbons (Fsp3) is 1.00. The number of rotatable bonds is 4. The third kappa shape index (κ3) is 3.92. The van der Waals surface area contributed by atoms with Crippen LogP contribution in [0.3, 0.4) is 0 Å². The van der Waals surface area contributed by atoms with E-state index in [-0.39, 0.29) is 18.9 Å². The molecule has 3 atom stereocenters. The van der Waals surface area contributed by atoms with Crippen molar-refractivity contribution in [2.24, 2.45) is 11.7 Å². The van der Waals surface area contributed by atoms with Crippen molar-refractivity contribution in [3.8, 4) is 0 Å². The Bertz CT molecular complexity index is 211. The second-order valence-electron chi connectivity index (χ2n) is 4.12. The van der Waals surface area contributed by atoms with Crippen molar-refractivity contribution >= 4 is 0 Å². The lowest BCUT2D eigenvalue weighted by molar-refractivity contribution is -0.190. The molecule has 0 unspecified atom stereocenters. The minimum Gasteiger partial charge on any atom is -0.382 e. The van der Waals surface area contributed by atoms with Crippen molar-refractivity contribution in [3.63, 3.8) is 0 Å². The molecule has 96 valence electrons. The van der Waals surface area contributed by atoms with E-state index in [1.807, 2.05) is 0 Å². The first-order chi connectivity index (χ1) is 7.45. The fourth-order valence-corrected chi connectivity index (χ4v) is 1.96. The zero-order valence-electron chi connectivity index (χ0n) is 9.30. The van der Waals surface area contributed by atoms with Gasteiger partial charge in [0.05, 0.1) is 25.2 Å². The first kappa shape index (κ1) is 13.7. The van der Waals surface area contributed by atoms with Gasteiger partial charge in [-0.15, -0.1) is 0 Å². The van der Waals surface area contributed by atoms with Gasteiger partial charge in [-0.05, 0) is 19.3 Å². The van der Waals surface area contributed by atoms with Crippen LogP contribution in [0.25, 0.3) is 0 Å². The summed E-state index contributed by atoms with van der Waals surface area (Å²) in [7, 11) is 1.55. The van der Waals surface area contributed by atoms with Crippen LogP contribution in [0.1, 0.15) is 19.3 Å². The number of hydrogen-bond acceptors (Lipinski definition) is 3. The fourth-order valence-electron chi connectivity index (χ4n) is 1.96. The molecule has 2 N–H and O–H groups in total. The molecule has 0 aromatic heterocycles. The monoisotopic (exact) mass is 241 g/mol. The Balaban J connectivity index is 2.34. The van der Waals surface area contributed by atoms with Crippen LogP contribution in [0.4, 0.5) is 13.2 Å². The summed E-state index contributed by atoms with van der Waals surface area (Å²) in [6.07, 6.45) is -3.96. The highest BCUT2D eigenvalue weighted by Crippen LogP contribution is 2.37. The van der Waals surface area contributed by atoms with Crippen molar-refractivity contribution in [2.45, 2.75) is 37.6 Å². The predicted molar refractivity (Wildman–Crippen MR) is 53.0 cm³/mol.